The van der Waals surface area contributed by atoms with Crippen molar-refractivity contribution < 1.29 is 4.74 Å². The number of hydrogen-bond acceptors (Lipinski definition) is 2. The number of fused-ring (bicyclic) bond motifs is 9. The zero-order chi connectivity index (χ0) is 34.2. The van der Waals surface area contributed by atoms with Gasteiger partial charge >= 0.3 is 0 Å². The molecule has 0 amide bonds. The molecule has 1 unspecified atom stereocenters. The molecule has 2 aliphatic rings. The molecule has 2 nitrogen and oxygen atoms in total. The molecule has 0 fully saturated rings. The third-order valence-corrected chi connectivity index (χ3v) is 11.3. The summed E-state index contributed by atoms with van der Waals surface area (Å²) >= 11 is 0. The van der Waals surface area contributed by atoms with E-state index in [1.165, 1.54) is 71.4 Å². The maximum Gasteiger partial charge on any atom is 0.196 e. The van der Waals surface area contributed by atoms with Gasteiger partial charge in [0.05, 0.1) is 11.1 Å². The van der Waals surface area contributed by atoms with Crippen LogP contribution in [0.15, 0.2) is 188 Å². The molecule has 1 atom stereocenters. The lowest BCUT2D eigenvalue weighted by Gasteiger charge is -2.34. The molecule has 0 aromatic heterocycles. The van der Waals surface area contributed by atoms with Crippen LogP contribution < -0.4 is 10.1 Å². The summed E-state index contributed by atoms with van der Waals surface area (Å²) in [5, 5.41) is 10.8. The number of benzene rings is 9. The standard InChI is InChI=1S/C50H33NO/c1-4-12-33(13-5-1)49-51-46-27-24-32-20-21-38-28-36(22-25-41(38)47(32)48(46)52-49)37-23-26-42-43-29-34-14-10-11-15-35(34)30-45(43)50(44(42)31-37,39-16-6-2-7-17-39)40-18-8-3-9-19-40/h1-31,49,51H. The molecule has 244 valence electrons. The first-order chi connectivity index (χ1) is 25.8. The average molecular weight is 664 g/mol. The van der Waals surface area contributed by atoms with E-state index in [0.717, 1.165) is 22.4 Å². The van der Waals surface area contributed by atoms with E-state index in [-0.39, 0.29) is 6.23 Å². The Morgan fingerprint density at radius 3 is 1.79 bits per heavy atom. The van der Waals surface area contributed by atoms with Crippen LogP contribution in [-0.2, 0) is 5.41 Å². The van der Waals surface area contributed by atoms with Crippen molar-refractivity contribution in [3.05, 3.63) is 216 Å². The van der Waals surface area contributed by atoms with Crippen LogP contribution in [0.2, 0.25) is 0 Å². The minimum absolute atomic E-state index is 0.209. The summed E-state index contributed by atoms with van der Waals surface area (Å²) in [5.41, 5.74) is 11.9. The van der Waals surface area contributed by atoms with E-state index >= 15 is 0 Å². The van der Waals surface area contributed by atoms with Gasteiger partial charge in [-0.1, -0.05) is 158 Å². The third-order valence-electron chi connectivity index (χ3n) is 11.3. The normalized spacial score (nSPS) is 15.2. The van der Waals surface area contributed by atoms with Crippen molar-refractivity contribution in [3.63, 3.8) is 0 Å². The lowest BCUT2D eigenvalue weighted by molar-refractivity contribution is 0.263. The molecule has 0 saturated carbocycles. The van der Waals surface area contributed by atoms with Gasteiger partial charge in [0.1, 0.15) is 0 Å². The molecule has 2 heteroatoms. The molecular weight excluding hydrogens is 631 g/mol. The SMILES string of the molecule is c1ccc(C2Nc3ccc4ccc5cc(-c6ccc7c(c6)C(c6ccccc6)(c6ccccc6)c6cc8ccccc8cc6-7)ccc5c4c3O2)cc1. The Labute approximate surface area is 302 Å². The van der Waals surface area contributed by atoms with Crippen molar-refractivity contribution >= 4 is 38.0 Å². The maximum atomic E-state index is 6.63. The Morgan fingerprint density at radius 2 is 1.04 bits per heavy atom. The molecule has 1 N–H and O–H groups in total. The van der Waals surface area contributed by atoms with Crippen LogP contribution in [0.1, 0.15) is 34.0 Å². The highest BCUT2D eigenvalue weighted by Gasteiger charge is 2.46. The monoisotopic (exact) mass is 663 g/mol. The van der Waals surface area contributed by atoms with E-state index in [1.807, 2.05) is 6.07 Å². The van der Waals surface area contributed by atoms with Gasteiger partial charge in [0, 0.05) is 10.9 Å². The smallest absolute Gasteiger partial charge is 0.196 e. The minimum atomic E-state index is -0.472. The van der Waals surface area contributed by atoms with Gasteiger partial charge in [-0.05, 0) is 102 Å². The Hall–Kier alpha value is -6.64. The molecule has 11 rings (SSSR count). The molecule has 0 spiro atoms. The average Bonchev–Trinajstić information content (AvgIpc) is 3.78. The second-order valence-electron chi connectivity index (χ2n) is 14.1. The van der Waals surface area contributed by atoms with E-state index in [4.69, 9.17) is 4.74 Å². The highest BCUT2D eigenvalue weighted by Crippen LogP contribution is 2.57. The molecule has 1 aliphatic carbocycles. The topological polar surface area (TPSA) is 21.3 Å². The quantitative estimate of drug-likeness (QED) is 0.189. The summed E-state index contributed by atoms with van der Waals surface area (Å²) in [6.45, 7) is 0. The predicted molar refractivity (Wildman–Crippen MR) is 215 cm³/mol. The molecule has 0 radical (unpaired) electrons. The zero-order valence-corrected chi connectivity index (χ0v) is 28.4. The Kier molecular flexibility index (Phi) is 6.26. The summed E-state index contributed by atoms with van der Waals surface area (Å²) < 4.78 is 6.63. The summed E-state index contributed by atoms with van der Waals surface area (Å²) in [6.07, 6.45) is -0.209. The van der Waals surface area contributed by atoms with Gasteiger partial charge in [0.2, 0.25) is 0 Å². The van der Waals surface area contributed by atoms with Gasteiger partial charge in [0.15, 0.2) is 12.0 Å². The van der Waals surface area contributed by atoms with Gasteiger partial charge in [-0.3, -0.25) is 0 Å². The molecule has 1 aliphatic heterocycles. The van der Waals surface area contributed by atoms with Crippen molar-refractivity contribution in [3.8, 4) is 28.0 Å². The fourth-order valence-corrected chi connectivity index (χ4v) is 8.96. The molecule has 9 aromatic carbocycles. The van der Waals surface area contributed by atoms with Gasteiger partial charge in [0.25, 0.3) is 0 Å². The van der Waals surface area contributed by atoms with E-state index in [0.29, 0.717) is 0 Å². The van der Waals surface area contributed by atoms with Crippen molar-refractivity contribution in [1.82, 2.24) is 0 Å². The van der Waals surface area contributed by atoms with Gasteiger partial charge < -0.3 is 10.1 Å². The molecule has 0 saturated heterocycles. The number of nitrogens with one attached hydrogen (secondary N) is 1. The highest BCUT2D eigenvalue weighted by atomic mass is 16.5. The Balaban J connectivity index is 1.10. The van der Waals surface area contributed by atoms with Crippen LogP contribution in [0, 0.1) is 0 Å². The summed E-state index contributed by atoms with van der Waals surface area (Å²) in [5.74, 6) is 0.919. The van der Waals surface area contributed by atoms with Crippen molar-refractivity contribution in [2.75, 3.05) is 5.32 Å². The summed E-state index contributed by atoms with van der Waals surface area (Å²) in [6, 6.07) is 68.9. The van der Waals surface area contributed by atoms with Crippen molar-refractivity contribution in [2.24, 2.45) is 0 Å². The fraction of sp³-hybridized carbons (Fsp3) is 0.0400. The lowest BCUT2D eigenvalue weighted by atomic mass is 9.67. The van der Waals surface area contributed by atoms with E-state index < -0.39 is 5.41 Å². The summed E-state index contributed by atoms with van der Waals surface area (Å²) in [4.78, 5) is 0. The van der Waals surface area contributed by atoms with E-state index in [2.05, 4.69) is 187 Å². The van der Waals surface area contributed by atoms with E-state index in [1.54, 1.807) is 0 Å². The molecule has 9 aromatic rings. The van der Waals surface area contributed by atoms with Crippen molar-refractivity contribution in [1.29, 1.82) is 0 Å². The second kappa shape index (κ2) is 11.2. The number of ether oxygens (including phenoxy) is 1. The van der Waals surface area contributed by atoms with E-state index in [9.17, 15) is 0 Å². The Bertz CT molecular complexity index is 2800. The first kappa shape index (κ1) is 29.1. The number of anilines is 1. The number of hydrogen-bond donors (Lipinski definition) is 1. The van der Waals surface area contributed by atoms with Crippen molar-refractivity contribution in [2.45, 2.75) is 11.6 Å². The minimum Gasteiger partial charge on any atom is -0.464 e. The van der Waals surface area contributed by atoms with Crippen LogP contribution in [0.5, 0.6) is 5.75 Å². The molecule has 52 heavy (non-hydrogen) atoms. The third kappa shape index (κ3) is 4.18. The first-order valence-corrected chi connectivity index (χ1v) is 18.0. The van der Waals surface area contributed by atoms with Crippen LogP contribution in [-0.4, -0.2) is 0 Å². The van der Waals surface area contributed by atoms with Crippen LogP contribution in [0.25, 0.3) is 54.6 Å². The van der Waals surface area contributed by atoms with Gasteiger partial charge in [-0.2, -0.15) is 0 Å². The molecular formula is C50H33NO. The summed E-state index contributed by atoms with van der Waals surface area (Å²) in [7, 11) is 0. The predicted octanol–water partition coefficient (Wildman–Crippen LogP) is 12.7. The van der Waals surface area contributed by atoms with Crippen LogP contribution in [0.3, 0.4) is 0 Å². The number of rotatable bonds is 4. The lowest BCUT2D eigenvalue weighted by Crippen LogP contribution is -2.28. The van der Waals surface area contributed by atoms with Gasteiger partial charge in [-0.25, -0.2) is 0 Å². The second-order valence-corrected chi connectivity index (χ2v) is 14.1. The first-order valence-electron chi connectivity index (χ1n) is 18.0. The van der Waals surface area contributed by atoms with Crippen LogP contribution >= 0.6 is 0 Å². The zero-order valence-electron chi connectivity index (χ0n) is 28.4. The molecule has 0 bridgehead atoms. The van der Waals surface area contributed by atoms with Gasteiger partial charge in [-0.15, -0.1) is 0 Å². The fourth-order valence-electron chi connectivity index (χ4n) is 8.96. The largest absolute Gasteiger partial charge is 0.464 e. The highest BCUT2D eigenvalue weighted by molar-refractivity contribution is 6.13. The Morgan fingerprint density at radius 1 is 0.442 bits per heavy atom. The maximum absolute atomic E-state index is 6.63. The van der Waals surface area contributed by atoms with Crippen LogP contribution in [0.4, 0.5) is 5.69 Å². The molecule has 1 heterocycles.